The van der Waals surface area contributed by atoms with Crippen LogP contribution in [0.1, 0.15) is 38.2 Å². The Morgan fingerprint density at radius 3 is 2.88 bits per heavy atom. The minimum absolute atomic E-state index is 0.430. The van der Waals surface area contributed by atoms with E-state index in [0.29, 0.717) is 5.92 Å². The standard InChI is InChI=1S/C13H19NO2/c1-4-6-10(2)11-7-5-8-12(9-11)14-13(15)16-3/h5,7-10H,4,6H2,1-3H3,(H,14,15). The number of carbonyl (C=O) groups excluding carboxylic acids is 1. The van der Waals surface area contributed by atoms with Gasteiger partial charge >= 0.3 is 6.09 Å². The molecule has 0 aliphatic rings. The summed E-state index contributed by atoms with van der Waals surface area (Å²) in [4.78, 5) is 11.1. The number of hydrogen-bond acceptors (Lipinski definition) is 2. The molecular weight excluding hydrogens is 202 g/mol. The van der Waals surface area contributed by atoms with Crippen molar-refractivity contribution in [3.8, 4) is 0 Å². The lowest BCUT2D eigenvalue weighted by Crippen LogP contribution is -2.11. The van der Waals surface area contributed by atoms with E-state index in [1.807, 2.05) is 18.2 Å². The highest BCUT2D eigenvalue weighted by molar-refractivity contribution is 5.84. The molecule has 1 rings (SSSR count). The number of ether oxygens (including phenoxy) is 1. The number of amides is 1. The Kier molecular flexibility index (Phi) is 4.83. The van der Waals surface area contributed by atoms with Gasteiger partial charge in [0.1, 0.15) is 0 Å². The Hall–Kier alpha value is -1.51. The molecule has 0 aliphatic heterocycles. The molecule has 16 heavy (non-hydrogen) atoms. The molecule has 1 unspecified atom stereocenters. The van der Waals surface area contributed by atoms with Crippen LogP contribution in [0.15, 0.2) is 24.3 Å². The van der Waals surface area contributed by atoms with E-state index in [2.05, 4.69) is 30.0 Å². The molecule has 3 nitrogen and oxygen atoms in total. The molecule has 1 aromatic carbocycles. The van der Waals surface area contributed by atoms with Crippen LogP contribution in [0.3, 0.4) is 0 Å². The van der Waals surface area contributed by atoms with Gasteiger partial charge in [0.25, 0.3) is 0 Å². The van der Waals surface area contributed by atoms with Crippen molar-refractivity contribution in [1.29, 1.82) is 0 Å². The van der Waals surface area contributed by atoms with Crippen LogP contribution in [0.5, 0.6) is 0 Å². The van der Waals surface area contributed by atoms with E-state index in [4.69, 9.17) is 0 Å². The maximum atomic E-state index is 11.1. The normalized spacial score (nSPS) is 11.9. The van der Waals surface area contributed by atoms with Crippen molar-refractivity contribution in [2.75, 3.05) is 12.4 Å². The van der Waals surface area contributed by atoms with Crippen LogP contribution in [0.2, 0.25) is 0 Å². The summed E-state index contributed by atoms with van der Waals surface area (Å²) in [7, 11) is 1.36. The molecule has 0 saturated heterocycles. The van der Waals surface area contributed by atoms with Crippen LogP contribution in [-0.2, 0) is 4.74 Å². The summed E-state index contributed by atoms with van der Waals surface area (Å²) >= 11 is 0. The van der Waals surface area contributed by atoms with Gasteiger partial charge in [-0.3, -0.25) is 5.32 Å². The summed E-state index contributed by atoms with van der Waals surface area (Å²) in [6.07, 6.45) is 1.89. The first kappa shape index (κ1) is 12.6. The van der Waals surface area contributed by atoms with Gasteiger partial charge in [0.15, 0.2) is 0 Å². The summed E-state index contributed by atoms with van der Waals surface area (Å²) in [5, 5.41) is 2.67. The van der Waals surface area contributed by atoms with E-state index in [0.717, 1.165) is 18.5 Å². The van der Waals surface area contributed by atoms with E-state index < -0.39 is 6.09 Å². The molecule has 1 aromatic rings. The summed E-state index contributed by atoms with van der Waals surface area (Å²) in [5.74, 6) is 0.518. The zero-order valence-electron chi connectivity index (χ0n) is 10.1. The number of methoxy groups -OCH3 is 1. The number of hydrogen-bond donors (Lipinski definition) is 1. The van der Waals surface area contributed by atoms with Gasteiger partial charge in [0, 0.05) is 5.69 Å². The van der Waals surface area contributed by atoms with Gasteiger partial charge in [0.05, 0.1) is 7.11 Å². The first-order valence-corrected chi connectivity index (χ1v) is 5.62. The highest BCUT2D eigenvalue weighted by Gasteiger charge is 2.06. The van der Waals surface area contributed by atoms with E-state index in [-0.39, 0.29) is 0 Å². The maximum absolute atomic E-state index is 11.1. The molecule has 0 fully saturated rings. The van der Waals surface area contributed by atoms with Gasteiger partial charge in [0.2, 0.25) is 0 Å². The third-order valence-corrected chi connectivity index (χ3v) is 2.61. The number of nitrogens with one attached hydrogen (secondary N) is 1. The van der Waals surface area contributed by atoms with Crippen LogP contribution in [0.25, 0.3) is 0 Å². The largest absolute Gasteiger partial charge is 0.453 e. The molecular formula is C13H19NO2. The molecule has 0 aliphatic carbocycles. The van der Waals surface area contributed by atoms with Gasteiger partial charge < -0.3 is 4.74 Å². The zero-order chi connectivity index (χ0) is 12.0. The predicted molar refractivity (Wildman–Crippen MR) is 65.8 cm³/mol. The fourth-order valence-electron chi connectivity index (χ4n) is 1.69. The summed E-state index contributed by atoms with van der Waals surface area (Å²) in [6.45, 7) is 4.37. The van der Waals surface area contributed by atoms with Crippen LogP contribution in [0.4, 0.5) is 10.5 Å². The summed E-state index contributed by atoms with van der Waals surface area (Å²) in [5.41, 5.74) is 2.03. The molecule has 88 valence electrons. The van der Waals surface area contributed by atoms with Crippen molar-refractivity contribution in [2.45, 2.75) is 32.6 Å². The highest BCUT2D eigenvalue weighted by atomic mass is 16.5. The van der Waals surface area contributed by atoms with Gasteiger partial charge in [-0.05, 0) is 30.0 Å². The molecule has 1 atom stereocenters. The fourth-order valence-corrected chi connectivity index (χ4v) is 1.69. The first-order chi connectivity index (χ1) is 7.67. The van der Waals surface area contributed by atoms with Gasteiger partial charge in [-0.25, -0.2) is 4.79 Å². The molecule has 0 bridgehead atoms. The Morgan fingerprint density at radius 2 is 2.25 bits per heavy atom. The zero-order valence-corrected chi connectivity index (χ0v) is 10.1. The second kappa shape index (κ2) is 6.16. The van der Waals surface area contributed by atoms with Crippen molar-refractivity contribution in [1.82, 2.24) is 0 Å². The minimum atomic E-state index is -0.430. The minimum Gasteiger partial charge on any atom is -0.453 e. The number of carbonyl (C=O) groups is 1. The molecule has 0 saturated carbocycles. The van der Waals surface area contributed by atoms with Crippen molar-refractivity contribution < 1.29 is 9.53 Å². The lowest BCUT2D eigenvalue weighted by atomic mass is 9.96. The first-order valence-electron chi connectivity index (χ1n) is 5.62. The SMILES string of the molecule is CCCC(C)c1cccc(NC(=O)OC)c1. The molecule has 0 aromatic heterocycles. The van der Waals surface area contributed by atoms with Crippen LogP contribution < -0.4 is 5.32 Å². The van der Waals surface area contributed by atoms with Crippen molar-refractivity contribution in [3.05, 3.63) is 29.8 Å². The Bertz CT molecular complexity index is 350. The van der Waals surface area contributed by atoms with Crippen molar-refractivity contribution in [2.24, 2.45) is 0 Å². The van der Waals surface area contributed by atoms with Gasteiger partial charge in [-0.1, -0.05) is 32.4 Å². The Labute approximate surface area is 96.8 Å². The molecule has 3 heteroatoms. The van der Waals surface area contributed by atoms with E-state index in [1.165, 1.54) is 12.7 Å². The lowest BCUT2D eigenvalue weighted by molar-refractivity contribution is 0.187. The molecule has 0 radical (unpaired) electrons. The third kappa shape index (κ3) is 3.57. The average Bonchev–Trinajstić information content (AvgIpc) is 2.29. The van der Waals surface area contributed by atoms with E-state index in [1.54, 1.807) is 0 Å². The Balaban J connectivity index is 2.74. The van der Waals surface area contributed by atoms with E-state index >= 15 is 0 Å². The predicted octanol–water partition coefficient (Wildman–Crippen LogP) is 3.77. The van der Waals surface area contributed by atoms with Crippen LogP contribution >= 0.6 is 0 Å². The number of benzene rings is 1. The topological polar surface area (TPSA) is 38.3 Å². The lowest BCUT2D eigenvalue weighted by Gasteiger charge is -2.12. The molecule has 0 heterocycles. The summed E-state index contributed by atoms with van der Waals surface area (Å²) in [6, 6.07) is 7.89. The fraction of sp³-hybridized carbons (Fsp3) is 0.462. The Morgan fingerprint density at radius 1 is 1.50 bits per heavy atom. The van der Waals surface area contributed by atoms with E-state index in [9.17, 15) is 4.79 Å². The van der Waals surface area contributed by atoms with Gasteiger partial charge in [-0.2, -0.15) is 0 Å². The monoisotopic (exact) mass is 221 g/mol. The second-order valence-corrected chi connectivity index (χ2v) is 3.93. The van der Waals surface area contributed by atoms with Crippen LogP contribution in [-0.4, -0.2) is 13.2 Å². The quantitative estimate of drug-likeness (QED) is 0.840. The van der Waals surface area contributed by atoms with Crippen LogP contribution in [0, 0.1) is 0 Å². The second-order valence-electron chi connectivity index (χ2n) is 3.93. The van der Waals surface area contributed by atoms with Gasteiger partial charge in [-0.15, -0.1) is 0 Å². The number of rotatable bonds is 4. The highest BCUT2D eigenvalue weighted by Crippen LogP contribution is 2.23. The van der Waals surface area contributed by atoms with Crippen molar-refractivity contribution in [3.63, 3.8) is 0 Å². The molecule has 1 N–H and O–H groups in total. The summed E-state index contributed by atoms with van der Waals surface area (Å²) < 4.78 is 4.55. The third-order valence-electron chi connectivity index (χ3n) is 2.61. The van der Waals surface area contributed by atoms with Crippen molar-refractivity contribution >= 4 is 11.8 Å². The molecule has 1 amide bonds. The average molecular weight is 221 g/mol. The maximum Gasteiger partial charge on any atom is 0.411 e. The smallest absolute Gasteiger partial charge is 0.411 e. The number of anilines is 1. The molecule has 0 spiro atoms.